The minimum absolute atomic E-state index is 0.121. The molecule has 1 amide bonds. The number of pyridine rings is 2. The molecular formula is C15H16N4O2S. The van der Waals surface area contributed by atoms with Crippen molar-refractivity contribution < 1.29 is 4.79 Å². The van der Waals surface area contributed by atoms with Crippen LogP contribution < -0.4 is 10.7 Å². The Morgan fingerprint density at radius 1 is 1.45 bits per heavy atom. The molecule has 22 heavy (non-hydrogen) atoms. The lowest BCUT2D eigenvalue weighted by molar-refractivity contribution is 0.0976. The average Bonchev–Trinajstić information content (AvgIpc) is 3.00. The Morgan fingerprint density at radius 2 is 2.27 bits per heavy atom. The van der Waals surface area contributed by atoms with Crippen molar-refractivity contribution >= 4 is 33.9 Å². The number of carbonyl (C=O) groups excluding carboxylic acids is 1. The standard InChI is InChI=1S/C15H16N4O2S/c1-3-19-8-11(14(21)18-15-16-6-7-22-15)12(20)10-5-4-9(2)17-13(10)19/h4-5,8H,3,6-7H2,1-2H3,(H,16,18,21). The van der Waals surface area contributed by atoms with Crippen molar-refractivity contribution in [3.05, 3.63) is 39.8 Å². The lowest BCUT2D eigenvalue weighted by Crippen LogP contribution is -2.32. The molecule has 0 aromatic carbocycles. The van der Waals surface area contributed by atoms with Gasteiger partial charge in [0.15, 0.2) is 5.17 Å². The van der Waals surface area contributed by atoms with Crippen LogP contribution in [0.25, 0.3) is 11.0 Å². The van der Waals surface area contributed by atoms with Gasteiger partial charge in [-0.25, -0.2) is 4.98 Å². The lowest BCUT2D eigenvalue weighted by Gasteiger charge is -2.11. The maximum Gasteiger partial charge on any atom is 0.262 e. The van der Waals surface area contributed by atoms with E-state index >= 15 is 0 Å². The number of aromatic nitrogens is 2. The predicted octanol–water partition coefficient (Wildman–Crippen LogP) is 1.56. The molecule has 2 aromatic rings. The SMILES string of the molecule is CCn1cc(C(=O)NC2=NCCS2)c(=O)c2ccc(C)nc21. The molecule has 0 bridgehead atoms. The summed E-state index contributed by atoms with van der Waals surface area (Å²) in [5.74, 6) is 0.443. The first-order chi connectivity index (χ1) is 10.6. The molecule has 0 saturated carbocycles. The van der Waals surface area contributed by atoms with Crippen molar-refractivity contribution in [3.8, 4) is 0 Å². The Balaban J connectivity index is 2.10. The summed E-state index contributed by atoms with van der Waals surface area (Å²) < 4.78 is 1.82. The van der Waals surface area contributed by atoms with Gasteiger partial charge in [-0.05, 0) is 26.0 Å². The molecule has 2 aromatic heterocycles. The number of rotatable bonds is 2. The zero-order valence-electron chi connectivity index (χ0n) is 12.4. The molecule has 1 aliphatic heterocycles. The molecule has 0 unspecified atom stereocenters. The second-order valence-corrected chi connectivity index (χ2v) is 6.05. The van der Waals surface area contributed by atoms with Crippen LogP contribution in [0.1, 0.15) is 23.0 Å². The second kappa shape index (κ2) is 5.92. The van der Waals surface area contributed by atoms with Gasteiger partial charge in [-0.2, -0.15) is 0 Å². The van der Waals surface area contributed by atoms with Crippen LogP contribution in [-0.4, -0.2) is 32.9 Å². The van der Waals surface area contributed by atoms with Crippen molar-refractivity contribution in [2.45, 2.75) is 20.4 Å². The number of hydrogen-bond donors (Lipinski definition) is 1. The van der Waals surface area contributed by atoms with Gasteiger partial charge in [0.1, 0.15) is 11.2 Å². The third-order valence-corrected chi connectivity index (χ3v) is 4.34. The molecule has 1 aliphatic rings. The fourth-order valence-electron chi connectivity index (χ4n) is 2.34. The summed E-state index contributed by atoms with van der Waals surface area (Å²) in [6.45, 7) is 5.15. The minimum Gasteiger partial charge on any atom is -0.332 e. The normalized spacial score (nSPS) is 14.2. The van der Waals surface area contributed by atoms with Crippen LogP contribution in [0.3, 0.4) is 0 Å². The Morgan fingerprint density at radius 3 is 2.95 bits per heavy atom. The number of fused-ring (bicyclic) bond motifs is 1. The Labute approximate surface area is 131 Å². The zero-order valence-corrected chi connectivity index (χ0v) is 13.2. The van der Waals surface area contributed by atoms with Gasteiger partial charge in [0.05, 0.1) is 11.9 Å². The van der Waals surface area contributed by atoms with Gasteiger partial charge >= 0.3 is 0 Å². The van der Waals surface area contributed by atoms with Crippen molar-refractivity contribution in [1.82, 2.24) is 14.9 Å². The maximum atomic E-state index is 12.6. The molecular weight excluding hydrogens is 300 g/mol. The van der Waals surface area contributed by atoms with Gasteiger partial charge < -0.3 is 9.88 Å². The largest absolute Gasteiger partial charge is 0.332 e. The number of hydrogen-bond acceptors (Lipinski definition) is 5. The molecule has 0 radical (unpaired) electrons. The average molecular weight is 316 g/mol. The molecule has 0 atom stereocenters. The third-order valence-electron chi connectivity index (χ3n) is 3.45. The summed E-state index contributed by atoms with van der Waals surface area (Å²) in [5, 5.41) is 3.74. The van der Waals surface area contributed by atoms with Crippen LogP contribution >= 0.6 is 11.8 Å². The Bertz CT molecular complexity index is 841. The predicted molar refractivity (Wildman–Crippen MR) is 88.6 cm³/mol. The molecule has 0 spiro atoms. The summed E-state index contributed by atoms with van der Waals surface area (Å²) in [4.78, 5) is 33.5. The van der Waals surface area contributed by atoms with Gasteiger partial charge in [0.25, 0.3) is 5.91 Å². The first-order valence-electron chi connectivity index (χ1n) is 7.09. The summed E-state index contributed by atoms with van der Waals surface area (Å²) in [7, 11) is 0. The van der Waals surface area contributed by atoms with E-state index in [0.717, 1.165) is 11.4 Å². The molecule has 3 rings (SSSR count). The minimum atomic E-state index is -0.414. The molecule has 3 heterocycles. The van der Waals surface area contributed by atoms with E-state index in [0.29, 0.717) is 29.3 Å². The summed E-state index contributed by atoms with van der Waals surface area (Å²) in [6, 6.07) is 3.51. The summed E-state index contributed by atoms with van der Waals surface area (Å²) in [5.41, 5.74) is 1.27. The fourth-order valence-corrected chi connectivity index (χ4v) is 3.06. The van der Waals surface area contributed by atoms with Gasteiger partial charge in [-0.3, -0.25) is 14.6 Å². The first-order valence-corrected chi connectivity index (χ1v) is 8.08. The van der Waals surface area contributed by atoms with E-state index in [4.69, 9.17) is 0 Å². The third kappa shape index (κ3) is 2.64. The highest BCUT2D eigenvalue weighted by Crippen LogP contribution is 2.12. The van der Waals surface area contributed by atoms with E-state index < -0.39 is 5.91 Å². The topological polar surface area (TPSA) is 76.3 Å². The summed E-state index contributed by atoms with van der Waals surface area (Å²) in [6.07, 6.45) is 1.58. The monoisotopic (exact) mass is 316 g/mol. The van der Waals surface area contributed by atoms with Crippen LogP contribution in [0.2, 0.25) is 0 Å². The zero-order chi connectivity index (χ0) is 15.7. The molecule has 114 valence electrons. The van der Waals surface area contributed by atoms with E-state index in [9.17, 15) is 9.59 Å². The quantitative estimate of drug-likeness (QED) is 0.912. The van der Waals surface area contributed by atoms with E-state index in [-0.39, 0.29) is 11.0 Å². The van der Waals surface area contributed by atoms with E-state index in [1.165, 1.54) is 11.8 Å². The van der Waals surface area contributed by atoms with Crippen molar-refractivity contribution in [2.75, 3.05) is 12.3 Å². The highest BCUT2D eigenvalue weighted by molar-refractivity contribution is 8.14. The number of carbonyl (C=O) groups is 1. The Hall–Kier alpha value is -2.15. The highest BCUT2D eigenvalue weighted by atomic mass is 32.2. The summed E-state index contributed by atoms with van der Waals surface area (Å²) >= 11 is 1.48. The number of nitrogens with zero attached hydrogens (tertiary/aromatic N) is 3. The van der Waals surface area contributed by atoms with Gasteiger partial charge in [0.2, 0.25) is 5.43 Å². The van der Waals surface area contributed by atoms with Crippen LogP contribution in [0.4, 0.5) is 0 Å². The number of amidine groups is 1. The van der Waals surface area contributed by atoms with Crippen molar-refractivity contribution in [2.24, 2.45) is 4.99 Å². The first kappa shape index (κ1) is 14.8. The molecule has 0 aliphatic carbocycles. The smallest absolute Gasteiger partial charge is 0.262 e. The number of thioether (sulfide) groups is 1. The number of aryl methyl sites for hydroxylation is 2. The van der Waals surface area contributed by atoms with E-state index in [1.54, 1.807) is 18.3 Å². The molecule has 7 heteroatoms. The Kier molecular flexibility index (Phi) is 3.98. The van der Waals surface area contributed by atoms with Gasteiger partial charge in [-0.1, -0.05) is 11.8 Å². The molecule has 0 fully saturated rings. The van der Waals surface area contributed by atoms with E-state index in [1.807, 2.05) is 18.4 Å². The second-order valence-electron chi connectivity index (χ2n) is 4.97. The van der Waals surface area contributed by atoms with Crippen LogP contribution in [0.15, 0.2) is 28.1 Å². The highest BCUT2D eigenvalue weighted by Gasteiger charge is 2.18. The number of aliphatic imine (C=N–C) groups is 1. The lowest BCUT2D eigenvalue weighted by atomic mass is 10.1. The van der Waals surface area contributed by atoms with Crippen LogP contribution in [0, 0.1) is 6.92 Å². The molecule has 0 saturated heterocycles. The maximum absolute atomic E-state index is 12.6. The molecule has 1 N–H and O–H groups in total. The van der Waals surface area contributed by atoms with Gasteiger partial charge in [-0.15, -0.1) is 0 Å². The van der Waals surface area contributed by atoms with E-state index in [2.05, 4.69) is 15.3 Å². The number of amides is 1. The molecule has 6 nitrogen and oxygen atoms in total. The van der Waals surface area contributed by atoms with Crippen LogP contribution in [0.5, 0.6) is 0 Å². The van der Waals surface area contributed by atoms with Crippen molar-refractivity contribution in [1.29, 1.82) is 0 Å². The van der Waals surface area contributed by atoms with Gasteiger partial charge in [0, 0.05) is 24.2 Å². The fraction of sp³-hybridized carbons (Fsp3) is 0.333. The number of nitrogens with one attached hydrogen (secondary N) is 1. The van der Waals surface area contributed by atoms with Crippen LogP contribution in [-0.2, 0) is 6.54 Å². The van der Waals surface area contributed by atoms with Crippen molar-refractivity contribution in [3.63, 3.8) is 0 Å².